The third kappa shape index (κ3) is 9.52. The second-order valence-corrected chi connectivity index (χ2v) is 11.8. The van der Waals surface area contributed by atoms with Crippen molar-refractivity contribution < 1.29 is 59.5 Å². The molecule has 16 N–H and O–H groups in total. The van der Waals surface area contributed by atoms with Gasteiger partial charge in [0.25, 0.3) is 0 Å². The van der Waals surface area contributed by atoms with Crippen LogP contribution in [0.15, 0.2) is 0 Å². The number of Topliss-reactive ketones (excluding diaryl/α,β-unsaturated/α-hetero) is 1. The molecule has 0 amide bonds. The Balaban J connectivity index is 1.76. The Kier molecular flexibility index (Phi) is 14.5. The average Bonchev–Trinajstić information content (AvgIpc) is 2.98. The first kappa shape index (κ1) is 36.5. The van der Waals surface area contributed by atoms with E-state index in [1.54, 1.807) is 0 Å². The highest BCUT2D eigenvalue weighted by Crippen LogP contribution is 2.36. The fourth-order valence-electron chi connectivity index (χ4n) is 5.79. The number of carbonyl (C=O) groups is 1. The van der Waals surface area contributed by atoms with Crippen LogP contribution in [-0.2, 0) is 23.7 Å². The van der Waals surface area contributed by atoms with Gasteiger partial charge in [-0.3, -0.25) is 4.79 Å². The number of rotatable bonds is 15. The predicted molar refractivity (Wildman–Crippen MR) is 149 cm³/mol. The molecule has 0 aromatic heterocycles. The highest BCUT2D eigenvalue weighted by Gasteiger charge is 2.51. The molecule has 2 saturated heterocycles. The van der Waals surface area contributed by atoms with Crippen LogP contribution in [0.2, 0.25) is 0 Å². The maximum Gasteiger partial charge on any atom is 0.186 e. The van der Waals surface area contributed by atoms with E-state index < -0.39 is 97.8 Å². The summed E-state index contributed by atoms with van der Waals surface area (Å²) in [5, 5.41) is 73.8. The van der Waals surface area contributed by atoms with Crippen LogP contribution in [0.4, 0.5) is 0 Å². The lowest BCUT2D eigenvalue weighted by molar-refractivity contribution is -0.318. The largest absolute Gasteiger partial charge is 0.394 e. The summed E-state index contributed by atoms with van der Waals surface area (Å²) >= 11 is 0. The predicted octanol–water partition coefficient (Wildman–Crippen LogP) is -6.32. The molecule has 2 heterocycles. The highest BCUT2D eigenvalue weighted by atomic mass is 16.7. The maximum atomic E-state index is 12.8. The Hall–Kier alpha value is -0.970. The highest BCUT2D eigenvalue weighted by molar-refractivity contribution is 5.83. The van der Waals surface area contributed by atoms with Crippen LogP contribution in [0.5, 0.6) is 0 Å². The molecule has 0 bridgehead atoms. The molecule has 2 unspecified atom stereocenters. The van der Waals surface area contributed by atoms with Gasteiger partial charge in [0.1, 0.15) is 36.6 Å². The van der Waals surface area contributed by atoms with Gasteiger partial charge in [0.2, 0.25) is 0 Å². The van der Waals surface area contributed by atoms with Crippen LogP contribution >= 0.6 is 0 Å². The topological polar surface area (TPSA) is 312 Å². The molecule has 17 nitrogen and oxygen atoms in total. The molecular weight excluding hydrogens is 574 g/mol. The van der Waals surface area contributed by atoms with Gasteiger partial charge in [-0.25, -0.2) is 0 Å². The van der Waals surface area contributed by atoms with Crippen molar-refractivity contribution in [3.63, 3.8) is 0 Å². The van der Waals surface area contributed by atoms with Crippen molar-refractivity contribution in [2.45, 2.75) is 118 Å². The van der Waals surface area contributed by atoms with Crippen molar-refractivity contribution in [3.8, 4) is 0 Å². The summed E-state index contributed by atoms with van der Waals surface area (Å²) in [5.74, 6) is -1.29. The first-order valence-corrected chi connectivity index (χ1v) is 14.9. The van der Waals surface area contributed by atoms with Gasteiger partial charge in [-0.1, -0.05) is 0 Å². The lowest BCUT2D eigenvalue weighted by atomic mass is 9.76. The molecule has 1 aliphatic carbocycles. The molecule has 0 radical (unpaired) electrons. The third-order valence-corrected chi connectivity index (χ3v) is 8.39. The minimum atomic E-state index is -1.55. The minimum absolute atomic E-state index is 0.0404. The van der Waals surface area contributed by atoms with E-state index in [2.05, 4.69) is 5.32 Å². The van der Waals surface area contributed by atoms with Crippen LogP contribution in [0.3, 0.4) is 0 Å². The third-order valence-electron chi connectivity index (χ3n) is 8.39. The number of carbonyl (C=O) groups excluding carboxylic acids is 1. The summed E-state index contributed by atoms with van der Waals surface area (Å²) in [6, 6.07) is -2.62. The quantitative estimate of drug-likeness (QED) is 0.0805. The van der Waals surface area contributed by atoms with Gasteiger partial charge in [-0.15, -0.1) is 0 Å². The van der Waals surface area contributed by atoms with Crippen molar-refractivity contribution in [1.29, 1.82) is 0 Å². The second kappa shape index (κ2) is 17.1. The number of hydrogen-bond donors (Lipinski definition) is 12. The van der Waals surface area contributed by atoms with Crippen LogP contribution < -0.4 is 28.3 Å². The lowest BCUT2D eigenvalue weighted by Gasteiger charge is -2.48. The first-order chi connectivity index (χ1) is 20.4. The normalized spacial score (nSPS) is 42.0. The van der Waals surface area contributed by atoms with Crippen LogP contribution in [0.1, 0.15) is 32.1 Å². The van der Waals surface area contributed by atoms with Crippen molar-refractivity contribution in [1.82, 2.24) is 5.32 Å². The molecule has 17 heteroatoms. The summed E-state index contributed by atoms with van der Waals surface area (Å²) in [5.41, 5.74) is 24.1. The molecule has 3 aliphatic rings. The van der Waals surface area contributed by atoms with E-state index in [0.717, 1.165) is 0 Å². The van der Waals surface area contributed by atoms with Crippen LogP contribution in [0, 0.1) is 5.92 Å². The Labute approximate surface area is 250 Å². The van der Waals surface area contributed by atoms with Gasteiger partial charge < -0.3 is 82.9 Å². The van der Waals surface area contributed by atoms with E-state index in [1.807, 2.05) is 0 Å². The number of ether oxygens (including phenoxy) is 4. The molecule has 0 aromatic rings. The van der Waals surface area contributed by atoms with Gasteiger partial charge in [0.05, 0.1) is 43.6 Å². The first-order valence-electron chi connectivity index (χ1n) is 14.9. The zero-order valence-corrected chi connectivity index (χ0v) is 24.2. The smallest absolute Gasteiger partial charge is 0.186 e. The van der Waals surface area contributed by atoms with E-state index in [-0.39, 0.29) is 45.1 Å². The number of aliphatic hydroxyl groups is 7. The maximum absolute atomic E-state index is 12.8. The fraction of sp³-hybridized carbons (Fsp3) is 0.962. The molecule has 0 aromatic carbocycles. The minimum Gasteiger partial charge on any atom is -0.394 e. The lowest BCUT2D eigenvalue weighted by Crippen LogP contribution is -2.66. The Morgan fingerprint density at radius 2 is 1.63 bits per heavy atom. The number of nitrogens with one attached hydrogen (secondary N) is 1. The zero-order chi connectivity index (χ0) is 31.8. The van der Waals surface area contributed by atoms with E-state index in [9.17, 15) is 35.4 Å². The van der Waals surface area contributed by atoms with Gasteiger partial charge >= 0.3 is 0 Å². The molecule has 1 saturated carbocycles. The molecular formula is C26H51N5O12. The van der Waals surface area contributed by atoms with Crippen molar-refractivity contribution in [3.05, 3.63) is 0 Å². The van der Waals surface area contributed by atoms with Gasteiger partial charge in [0, 0.05) is 25.6 Å². The Morgan fingerprint density at radius 1 is 0.930 bits per heavy atom. The molecule has 3 fully saturated rings. The zero-order valence-electron chi connectivity index (χ0n) is 24.2. The standard InChI is InChI=1S/C26H51N5O12/c27-4-3-16(35)17(36)6-11-5-15(29)24(43-25-14(28)2-1-13(40-25)8-31-7-12(34)9-32)22(39)23(11)42-26-21(38)19(30)20(37)18(10-33)41-26/h11-16,18-26,31-35,37-39H,1-10,27-30H2/t11-,12?,13-,14+,15-,16-,18+,19-,20+,21+,22+,23-,24?,25+,26+/m0/s1. The van der Waals surface area contributed by atoms with Crippen molar-refractivity contribution in [2.75, 3.05) is 32.8 Å². The molecule has 3 rings (SSSR count). The van der Waals surface area contributed by atoms with Crippen LogP contribution in [-0.4, -0.2) is 160 Å². The van der Waals surface area contributed by atoms with Crippen molar-refractivity contribution in [2.24, 2.45) is 28.9 Å². The molecule has 0 spiro atoms. The summed E-state index contributed by atoms with van der Waals surface area (Å²) in [7, 11) is 0. The molecule has 43 heavy (non-hydrogen) atoms. The number of ketones is 1. The van der Waals surface area contributed by atoms with Gasteiger partial charge in [-0.2, -0.15) is 0 Å². The Bertz CT molecular complexity index is 848. The number of nitrogens with two attached hydrogens (primary N) is 4. The monoisotopic (exact) mass is 625 g/mol. The summed E-state index contributed by atoms with van der Waals surface area (Å²) in [4.78, 5) is 12.8. The van der Waals surface area contributed by atoms with E-state index in [4.69, 9.17) is 47.0 Å². The Morgan fingerprint density at radius 3 is 2.28 bits per heavy atom. The second-order valence-electron chi connectivity index (χ2n) is 11.8. The summed E-state index contributed by atoms with van der Waals surface area (Å²) < 4.78 is 23.7. The van der Waals surface area contributed by atoms with Gasteiger partial charge in [0.15, 0.2) is 18.4 Å². The van der Waals surface area contributed by atoms with Gasteiger partial charge in [-0.05, 0) is 38.1 Å². The average molecular weight is 626 g/mol. The molecule has 15 atom stereocenters. The molecule has 252 valence electrons. The van der Waals surface area contributed by atoms with Crippen LogP contribution in [0.25, 0.3) is 0 Å². The molecule has 2 aliphatic heterocycles. The summed E-state index contributed by atoms with van der Waals surface area (Å²) in [6.45, 7) is -0.416. The van der Waals surface area contributed by atoms with E-state index >= 15 is 0 Å². The van der Waals surface area contributed by atoms with E-state index in [0.29, 0.717) is 19.4 Å². The van der Waals surface area contributed by atoms with Crippen molar-refractivity contribution >= 4 is 5.78 Å². The SMILES string of the molecule is NCC[C@H](O)C(=O)C[C@@H]1C[C@H](N)C(O[C@H]2O[C@H](CNCC(O)CO)CC[C@H]2N)[C@H](O)[C@H]1O[C@H]1O[C@H](CO)[C@@H](O)[C@H](N)[C@H]1O. The van der Waals surface area contributed by atoms with E-state index in [1.165, 1.54) is 0 Å². The fourth-order valence-corrected chi connectivity index (χ4v) is 5.79. The summed E-state index contributed by atoms with van der Waals surface area (Å²) in [6.07, 6.45) is -12.0. The number of hydrogen-bond acceptors (Lipinski definition) is 17. The number of aliphatic hydroxyl groups excluding tert-OH is 7.